The van der Waals surface area contributed by atoms with Crippen LogP contribution in [0.25, 0.3) is 10.8 Å². The van der Waals surface area contributed by atoms with Gasteiger partial charge in [-0.1, -0.05) is 78.3 Å². The molecular weight excluding hydrogens is 488 g/mol. The van der Waals surface area contributed by atoms with Crippen LogP contribution in [0.4, 0.5) is 0 Å². The number of carbonyl (C=O) groups is 2. The Labute approximate surface area is 220 Å². The van der Waals surface area contributed by atoms with Gasteiger partial charge in [0.2, 0.25) is 5.91 Å². The van der Waals surface area contributed by atoms with Gasteiger partial charge in [0.1, 0.15) is 5.75 Å². The van der Waals surface area contributed by atoms with Crippen molar-refractivity contribution >= 4 is 40.4 Å². The molecule has 37 heavy (non-hydrogen) atoms. The summed E-state index contributed by atoms with van der Waals surface area (Å²) >= 11 is 5.88. The normalized spacial score (nSPS) is 11.1. The van der Waals surface area contributed by atoms with Gasteiger partial charge in [0.05, 0.1) is 17.7 Å². The van der Waals surface area contributed by atoms with E-state index in [2.05, 4.69) is 10.5 Å². The van der Waals surface area contributed by atoms with Gasteiger partial charge in [-0.2, -0.15) is 5.10 Å². The molecule has 0 aliphatic carbocycles. The molecule has 4 aromatic carbocycles. The number of hydrogen-bond acceptors (Lipinski definition) is 5. The van der Waals surface area contributed by atoms with Crippen LogP contribution in [-0.4, -0.2) is 41.1 Å². The van der Waals surface area contributed by atoms with Crippen molar-refractivity contribution in [2.45, 2.75) is 13.0 Å². The van der Waals surface area contributed by atoms with Gasteiger partial charge in [0.15, 0.2) is 0 Å². The fourth-order valence-electron chi connectivity index (χ4n) is 4.05. The summed E-state index contributed by atoms with van der Waals surface area (Å²) in [6.07, 6.45) is 1.80. The van der Waals surface area contributed by atoms with Gasteiger partial charge in [-0.05, 0) is 40.1 Å². The lowest BCUT2D eigenvalue weighted by atomic mass is 9.97. The first-order valence-electron chi connectivity index (χ1n) is 11.8. The number of nitrogens with zero attached hydrogens (tertiary/aromatic N) is 2. The van der Waals surface area contributed by atoms with Crippen LogP contribution in [0.3, 0.4) is 0 Å². The lowest BCUT2D eigenvalue weighted by Gasteiger charge is -2.23. The second kappa shape index (κ2) is 12.2. The average Bonchev–Trinajstić information content (AvgIpc) is 2.91. The van der Waals surface area contributed by atoms with Crippen molar-refractivity contribution in [2.75, 3.05) is 13.1 Å². The number of phenolic OH excluding ortho intramolecular Hbond substituents is 1. The summed E-state index contributed by atoms with van der Waals surface area (Å²) in [6, 6.07) is 25.6. The predicted molar refractivity (Wildman–Crippen MR) is 147 cm³/mol. The molecule has 0 atom stereocenters. The first-order valence-corrected chi connectivity index (χ1v) is 12.2. The molecule has 0 fully saturated rings. The number of benzene rings is 4. The van der Waals surface area contributed by atoms with Crippen molar-refractivity contribution in [3.05, 3.63) is 112 Å². The summed E-state index contributed by atoms with van der Waals surface area (Å²) < 4.78 is 0. The Morgan fingerprint density at radius 1 is 0.973 bits per heavy atom. The molecule has 4 rings (SSSR count). The van der Waals surface area contributed by atoms with Crippen LogP contribution in [-0.2, 0) is 17.8 Å². The monoisotopic (exact) mass is 514 g/mol. The van der Waals surface area contributed by atoms with E-state index in [1.54, 1.807) is 11.1 Å². The maximum absolute atomic E-state index is 13.2. The van der Waals surface area contributed by atoms with Gasteiger partial charge in [0.25, 0.3) is 5.91 Å². The van der Waals surface area contributed by atoms with Crippen molar-refractivity contribution in [2.24, 2.45) is 10.8 Å². The minimum absolute atomic E-state index is 0.000644. The summed E-state index contributed by atoms with van der Waals surface area (Å²) in [5.41, 5.74) is 11.3. The highest BCUT2D eigenvalue weighted by Gasteiger charge is 2.16. The van der Waals surface area contributed by atoms with Crippen LogP contribution in [0.1, 0.15) is 27.0 Å². The molecule has 0 unspecified atom stereocenters. The van der Waals surface area contributed by atoms with Crippen molar-refractivity contribution in [1.29, 1.82) is 0 Å². The summed E-state index contributed by atoms with van der Waals surface area (Å²) in [4.78, 5) is 27.4. The summed E-state index contributed by atoms with van der Waals surface area (Å²) in [5, 5.41) is 15.5. The summed E-state index contributed by atoms with van der Waals surface area (Å²) in [7, 11) is 0. The zero-order valence-electron chi connectivity index (χ0n) is 20.1. The summed E-state index contributed by atoms with van der Waals surface area (Å²) in [5.74, 6) is -0.554. The minimum Gasteiger partial charge on any atom is -0.506 e. The van der Waals surface area contributed by atoms with E-state index >= 15 is 0 Å². The SMILES string of the molecule is NCCN(Cc1ccccc1)C(=O)Cc1ccc(/C=N/NC(=O)c2ccc(O)c(Cl)c2)c2ccccc12. The maximum atomic E-state index is 13.2. The van der Waals surface area contributed by atoms with Gasteiger partial charge < -0.3 is 15.7 Å². The zero-order valence-corrected chi connectivity index (χ0v) is 20.9. The quantitative estimate of drug-likeness (QED) is 0.226. The van der Waals surface area contributed by atoms with Crippen LogP contribution in [0.2, 0.25) is 5.02 Å². The smallest absolute Gasteiger partial charge is 0.271 e. The molecule has 0 aliphatic rings. The first-order chi connectivity index (χ1) is 18.0. The Hall–Kier alpha value is -4.20. The number of hydrogen-bond donors (Lipinski definition) is 3. The number of amides is 2. The lowest BCUT2D eigenvalue weighted by Crippen LogP contribution is -2.36. The fourth-order valence-corrected chi connectivity index (χ4v) is 4.23. The number of rotatable bonds is 9. The number of aromatic hydroxyl groups is 1. The van der Waals surface area contributed by atoms with Crippen LogP contribution in [0.15, 0.2) is 90.0 Å². The second-order valence-corrected chi connectivity index (χ2v) is 8.90. The molecule has 0 aliphatic heterocycles. The molecule has 0 heterocycles. The third-order valence-electron chi connectivity index (χ3n) is 5.94. The molecule has 8 heteroatoms. The Bertz CT molecular complexity index is 1440. The highest BCUT2D eigenvalue weighted by Crippen LogP contribution is 2.24. The Morgan fingerprint density at radius 2 is 1.70 bits per heavy atom. The zero-order chi connectivity index (χ0) is 26.2. The van der Waals surface area contributed by atoms with E-state index in [0.717, 1.165) is 27.5 Å². The molecule has 4 aromatic rings. The molecule has 4 N–H and O–H groups in total. The molecule has 0 bridgehead atoms. The van der Waals surface area contributed by atoms with Crippen LogP contribution >= 0.6 is 11.6 Å². The lowest BCUT2D eigenvalue weighted by molar-refractivity contribution is -0.131. The van der Waals surface area contributed by atoms with Gasteiger partial charge in [-0.15, -0.1) is 0 Å². The Kier molecular flexibility index (Phi) is 8.51. The van der Waals surface area contributed by atoms with Crippen LogP contribution in [0.5, 0.6) is 5.75 Å². The number of hydrazone groups is 1. The van der Waals surface area contributed by atoms with E-state index in [1.165, 1.54) is 18.2 Å². The van der Waals surface area contributed by atoms with Crippen LogP contribution < -0.4 is 11.2 Å². The number of nitrogens with two attached hydrogens (primary N) is 1. The first kappa shape index (κ1) is 25.9. The van der Waals surface area contributed by atoms with Gasteiger partial charge in [-0.25, -0.2) is 5.43 Å². The molecule has 0 saturated heterocycles. The topological polar surface area (TPSA) is 108 Å². The average molecular weight is 515 g/mol. The number of carbonyl (C=O) groups excluding carboxylic acids is 2. The Balaban J connectivity index is 1.51. The molecule has 7 nitrogen and oxygen atoms in total. The molecule has 0 saturated carbocycles. The molecule has 188 valence electrons. The highest BCUT2D eigenvalue weighted by molar-refractivity contribution is 6.32. The van der Waals surface area contributed by atoms with Gasteiger partial charge >= 0.3 is 0 Å². The molecule has 0 radical (unpaired) electrons. The van der Waals surface area contributed by atoms with Crippen molar-refractivity contribution < 1.29 is 14.7 Å². The molecule has 2 amide bonds. The van der Waals surface area contributed by atoms with Gasteiger partial charge in [0, 0.05) is 30.8 Å². The van der Waals surface area contributed by atoms with E-state index in [4.69, 9.17) is 17.3 Å². The third kappa shape index (κ3) is 6.52. The van der Waals surface area contributed by atoms with Crippen molar-refractivity contribution in [3.63, 3.8) is 0 Å². The minimum atomic E-state index is -0.455. The van der Waals surface area contributed by atoms with Crippen molar-refractivity contribution in [3.8, 4) is 5.75 Å². The number of nitrogens with one attached hydrogen (secondary N) is 1. The fraction of sp³-hybridized carbons (Fsp3) is 0.138. The van der Waals surface area contributed by atoms with Crippen LogP contribution in [0, 0.1) is 0 Å². The van der Waals surface area contributed by atoms with E-state index in [9.17, 15) is 14.7 Å². The van der Waals surface area contributed by atoms with E-state index in [1.807, 2.05) is 66.7 Å². The molecule has 0 aromatic heterocycles. The number of phenols is 1. The van der Waals surface area contributed by atoms with E-state index < -0.39 is 5.91 Å². The Morgan fingerprint density at radius 3 is 2.43 bits per heavy atom. The molecular formula is C29H27ClN4O3. The standard InChI is InChI=1S/C29H27ClN4O3/c30-26-16-22(12-13-27(26)35)29(37)33-32-18-23-11-10-21(24-8-4-5-9-25(23)24)17-28(36)34(15-14-31)19-20-6-2-1-3-7-20/h1-13,16,18,35H,14-15,17,19,31H2,(H,33,37)/b32-18+. The van der Waals surface area contributed by atoms with Crippen molar-refractivity contribution in [1.82, 2.24) is 10.3 Å². The largest absolute Gasteiger partial charge is 0.506 e. The number of fused-ring (bicyclic) bond motifs is 1. The predicted octanol–water partition coefficient (Wildman–Crippen LogP) is 4.49. The second-order valence-electron chi connectivity index (χ2n) is 8.49. The molecule has 0 spiro atoms. The summed E-state index contributed by atoms with van der Waals surface area (Å²) in [6.45, 7) is 1.37. The number of halogens is 1. The highest BCUT2D eigenvalue weighted by atomic mass is 35.5. The maximum Gasteiger partial charge on any atom is 0.271 e. The van der Waals surface area contributed by atoms with E-state index in [0.29, 0.717) is 19.6 Å². The van der Waals surface area contributed by atoms with Gasteiger partial charge in [-0.3, -0.25) is 9.59 Å². The van der Waals surface area contributed by atoms with E-state index in [-0.39, 0.29) is 28.7 Å². The third-order valence-corrected chi connectivity index (χ3v) is 6.24.